The summed E-state index contributed by atoms with van der Waals surface area (Å²) in [5, 5.41) is 1.83. The monoisotopic (exact) mass is 476 g/mol. The van der Waals surface area contributed by atoms with Crippen LogP contribution in [-0.2, 0) is 16.1 Å². The van der Waals surface area contributed by atoms with Gasteiger partial charge in [-0.05, 0) is 41.7 Å². The standard InChI is InChI=1S/C24H23F3N2O5/c1-22(2)11-16-19(17(30)12-22)23(24(25,26)27,28-20(31)18-5-4-10-34-18)21(32)29(16)13-14-6-8-15(33-3)9-7-14/h4-10H,11-13H2,1-3H3,(H,28,31)/t23-/m1/s1. The van der Waals surface area contributed by atoms with Gasteiger partial charge in [-0.25, -0.2) is 0 Å². The molecule has 0 radical (unpaired) electrons. The zero-order valence-corrected chi connectivity index (χ0v) is 18.8. The summed E-state index contributed by atoms with van der Waals surface area (Å²) < 4.78 is 54.2. The Morgan fingerprint density at radius 2 is 1.82 bits per heavy atom. The van der Waals surface area contributed by atoms with Crippen LogP contribution in [0.15, 0.2) is 58.3 Å². The second-order valence-corrected chi connectivity index (χ2v) is 9.18. The van der Waals surface area contributed by atoms with Gasteiger partial charge in [0, 0.05) is 12.1 Å². The number of methoxy groups -OCH3 is 1. The number of carbonyl (C=O) groups excluding carboxylic acids is 3. The van der Waals surface area contributed by atoms with Gasteiger partial charge in [0.15, 0.2) is 11.5 Å². The van der Waals surface area contributed by atoms with Crippen molar-refractivity contribution in [1.82, 2.24) is 10.2 Å². The van der Waals surface area contributed by atoms with E-state index in [0.29, 0.717) is 11.3 Å². The van der Waals surface area contributed by atoms with E-state index in [1.165, 1.54) is 19.2 Å². The van der Waals surface area contributed by atoms with Crippen molar-refractivity contribution < 1.29 is 36.7 Å². The van der Waals surface area contributed by atoms with Crippen LogP contribution in [0.4, 0.5) is 13.2 Å². The smallest absolute Gasteiger partial charge is 0.425 e. The van der Waals surface area contributed by atoms with Gasteiger partial charge < -0.3 is 19.4 Å². The maximum Gasteiger partial charge on any atom is 0.425 e. The van der Waals surface area contributed by atoms with E-state index in [2.05, 4.69) is 0 Å². The van der Waals surface area contributed by atoms with Crippen molar-refractivity contribution in [3.63, 3.8) is 0 Å². The van der Waals surface area contributed by atoms with Gasteiger partial charge in [-0.2, -0.15) is 13.2 Å². The molecular formula is C24H23F3N2O5. The first-order chi connectivity index (χ1) is 15.9. The lowest BCUT2D eigenvalue weighted by Crippen LogP contribution is -2.66. The molecule has 2 heterocycles. The largest absolute Gasteiger partial charge is 0.497 e. The number of Topliss-reactive ketones (excluding diaryl/α,β-unsaturated/α-hetero) is 1. The van der Waals surface area contributed by atoms with Crippen LogP contribution >= 0.6 is 0 Å². The van der Waals surface area contributed by atoms with Gasteiger partial charge in [0.2, 0.25) is 5.54 Å². The molecule has 7 nitrogen and oxygen atoms in total. The molecule has 10 heteroatoms. The number of nitrogens with one attached hydrogen (secondary N) is 1. The van der Waals surface area contributed by atoms with Crippen LogP contribution in [0.25, 0.3) is 0 Å². The zero-order chi connectivity index (χ0) is 24.9. The third kappa shape index (κ3) is 3.76. The zero-order valence-electron chi connectivity index (χ0n) is 18.8. The average molecular weight is 476 g/mol. The van der Waals surface area contributed by atoms with Gasteiger partial charge in [-0.15, -0.1) is 0 Å². The molecule has 1 aliphatic heterocycles. The Bertz CT molecular complexity index is 1170. The molecule has 0 bridgehead atoms. The molecular weight excluding hydrogens is 453 g/mol. The topological polar surface area (TPSA) is 88.8 Å². The lowest BCUT2D eigenvalue weighted by Gasteiger charge is -2.35. The summed E-state index contributed by atoms with van der Waals surface area (Å²) >= 11 is 0. The van der Waals surface area contributed by atoms with E-state index < -0.39 is 46.1 Å². The van der Waals surface area contributed by atoms with E-state index in [-0.39, 0.29) is 25.1 Å². The molecule has 2 amide bonds. The highest BCUT2D eigenvalue weighted by Crippen LogP contribution is 2.52. The van der Waals surface area contributed by atoms with Crippen molar-refractivity contribution in [3.8, 4) is 5.75 Å². The van der Waals surface area contributed by atoms with Crippen LogP contribution in [0, 0.1) is 5.41 Å². The molecule has 0 spiro atoms. The molecule has 4 rings (SSSR count). The summed E-state index contributed by atoms with van der Waals surface area (Å²) in [7, 11) is 1.48. The number of benzene rings is 1. The Hall–Kier alpha value is -3.56. The van der Waals surface area contributed by atoms with Gasteiger partial charge in [-0.3, -0.25) is 14.4 Å². The van der Waals surface area contributed by atoms with Crippen molar-refractivity contribution in [1.29, 1.82) is 0 Å². The summed E-state index contributed by atoms with van der Waals surface area (Å²) in [5.41, 5.74) is -4.39. The number of hydrogen-bond acceptors (Lipinski definition) is 5. The van der Waals surface area contributed by atoms with Gasteiger partial charge in [0.05, 0.1) is 25.5 Å². The van der Waals surface area contributed by atoms with E-state index in [1.807, 2.05) is 5.32 Å². The number of allylic oxidation sites excluding steroid dienone is 1. The Kier molecular flexibility index (Phi) is 5.58. The van der Waals surface area contributed by atoms with E-state index in [0.717, 1.165) is 11.2 Å². The summed E-state index contributed by atoms with van der Waals surface area (Å²) in [4.78, 5) is 40.3. The third-order valence-electron chi connectivity index (χ3n) is 6.09. The lowest BCUT2D eigenvalue weighted by molar-refractivity contribution is -0.191. The third-order valence-corrected chi connectivity index (χ3v) is 6.09. The van der Waals surface area contributed by atoms with E-state index >= 15 is 0 Å². The fourth-order valence-electron chi connectivity index (χ4n) is 4.55. The van der Waals surface area contributed by atoms with Gasteiger partial charge >= 0.3 is 6.18 Å². The predicted octanol–water partition coefficient (Wildman–Crippen LogP) is 4.00. The lowest BCUT2D eigenvalue weighted by atomic mass is 9.72. The van der Waals surface area contributed by atoms with Crippen LogP contribution in [0.5, 0.6) is 5.75 Å². The van der Waals surface area contributed by atoms with Crippen molar-refractivity contribution >= 4 is 17.6 Å². The van der Waals surface area contributed by atoms with Crippen molar-refractivity contribution in [2.24, 2.45) is 5.41 Å². The molecule has 2 aliphatic rings. The Balaban J connectivity index is 1.85. The van der Waals surface area contributed by atoms with Crippen molar-refractivity contribution in [2.75, 3.05) is 7.11 Å². The van der Waals surface area contributed by atoms with Crippen LogP contribution in [-0.4, -0.2) is 41.3 Å². The van der Waals surface area contributed by atoms with Crippen molar-refractivity contribution in [2.45, 2.75) is 44.9 Å². The SMILES string of the molecule is COc1ccc(CN2C(=O)[C@@](NC(=O)c3ccco3)(C(F)(F)F)C3=C2CC(C)(C)CC3=O)cc1. The van der Waals surface area contributed by atoms with Crippen LogP contribution in [0.1, 0.15) is 42.8 Å². The number of nitrogens with zero attached hydrogens (tertiary/aromatic N) is 1. The minimum atomic E-state index is -5.28. The van der Waals surface area contributed by atoms with Crippen LogP contribution in [0.2, 0.25) is 0 Å². The van der Waals surface area contributed by atoms with Crippen LogP contribution < -0.4 is 10.1 Å². The highest BCUT2D eigenvalue weighted by Gasteiger charge is 2.71. The molecule has 0 saturated heterocycles. The quantitative estimate of drug-likeness (QED) is 0.705. The number of halogens is 3. The van der Waals surface area contributed by atoms with Crippen LogP contribution in [0.3, 0.4) is 0 Å². The molecule has 1 aromatic carbocycles. The highest BCUT2D eigenvalue weighted by molar-refractivity contribution is 6.14. The van der Waals surface area contributed by atoms with E-state index in [1.54, 1.807) is 38.1 Å². The molecule has 34 heavy (non-hydrogen) atoms. The Morgan fingerprint density at radius 1 is 1.15 bits per heavy atom. The second-order valence-electron chi connectivity index (χ2n) is 9.18. The molecule has 1 atom stereocenters. The van der Waals surface area contributed by atoms with Gasteiger partial charge in [0.1, 0.15) is 5.75 Å². The first-order valence-electron chi connectivity index (χ1n) is 10.5. The number of alkyl halides is 3. The molecule has 1 N–H and O–H groups in total. The van der Waals surface area contributed by atoms with E-state index in [9.17, 15) is 27.6 Å². The minimum absolute atomic E-state index is 0.0286. The molecule has 180 valence electrons. The highest BCUT2D eigenvalue weighted by atomic mass is 19.4. The van der Waals surface area contributed by atoms with Crippen molar-refractivity contribution in [3.05, 3.63) is 65.3 Å². The normalized spacial score (nSPS) is 22.1. The second kappa shape index (κ2) is 8.03. The molecule has 2 aromatic rings. The number of carbonyl (C=O) groups is 3. The summed E-state index contributed by atoms with van der Waals surface area (Å²) in [6, 6.07) is 9.00. The maximum atomic E-state index is 14.7. The van der Waals surface area contributed by atoms with Gasteiger partial charge in [-0.1, -0.05) is 26.0 Å². The first kappa shape index (κ1) is 23.6. The predicted molar refractivity (Wildman–Crippen MR) is 114 cm³/mol. The molecule has 0 unspecified atom stereocenters. The minimum Gasteiger partial charge on any atom is -0.497 e. The number of ether oxygens (including phenoxy) is 1. The summed E-state index contributed by atoms with van der Waals surface area (Å²) in [5.74, 6) is -3.36. The molecule has 1 aliphatic carbocycles. The fourth-order valence-corrected chi connectivity index (χ4v) is 4.55. The number of amides is 2. The maximum absolute atomic E-state index is 14.7. The first-order valence-corrected chi connectivity index (χ1v) is 10.5. The average Bonchev–Trinajstić information content (AvgIpc) is 3.36. The Labute approximate surface area is 193 Å². The van der Waals surface area contributed by atoms with E-state index in [4.69, 9.17) is 9.15 Å². The summed E-state index contributed by atoms with van der Waals surface area (Å²) in [6.07, 6.45) is -4.28. The summed E-state index contributed by atoms with van der Waals surface area (Å²) in [6.45, 7) is 3.29. The Morgan fingerprint density at radius 3 is 2.38 bits per heavy atom. The van der Waals surface area contributed by atoms with Gasteiger partial charge in [0.25, 0.3) is 11.8 Å². The molecule has 1 aromatic heterocycles. The number of furan rings is 1. The molecule has 0 fully saturated rings. The molecule has 0 saturated carbocycles. The number of rotatable bonds is 5. The fraction of sp³-hybridized carbons (Fsp3) is 0.375. The number of hydrogen-bond donors (Lipinski definition) is 1. The number of ketones is 1.